The number of methoxy groups -OCH3 is 3. The molecule has 5 rings (SSSR count). The first-order chi connectivity index (χ1) is 15.0. The summed E-state index contributed by atoms with van der Waals surface area (Å²) in [6, 6.07) is 11.4. The molecule has 0 radical (unpaired) electrons. The zero-order valence-corrected chi connectivity index (χ0v) is 17.9. The lowest BCUT2D eigenvalue weighted by Crippen LogP contribution is -2.31. The highest BCUT2D eigenvalue weighted by atomic mass is 16.5. The van der Waals surface area contributed by atoms with Crippen LogP contribution in [0.15, 0.2) is 36.4 Å². The number of rotatable bonds is 4. The molecule has 2 aliphatic rings. The second kappa shape index (κ2) is 7.04. The van der Waals surface area contributed by atoms with Gasteiger partial charge in [-0.25, -0.2) is 0 Å². The molecule has 2 aromatic carbocycles. The van der Waals surface area contributed by atoms with Crippen molar-refractivity contribution in [1.82, 2.24) is 9.88 Å². The van der Waals surface area contributed by atoms with E-state index in [9.17, 15) is 9.59 Å². The zero-order valence-electron chi connectivity index (χ0n) is 17.9. The molecular formula is C24H24N2O5. The first-order valence-electron chi connectivity index (χ1n) is 10.2. The van der Waals surface area contributed by atoms with Gasteiger partial charge in [0.1, 0.15) is 17.2 Å². The van der Waals surface area contributed by atoms with E-state index in [0.717, 1.165) is 27.7 Å². The van der Waals surface area contributed by atoms with Crippen LogP contribution < -0.4 is 14.2 Å². The molecule has 1 aromatic heterocycles. The van der Waals surface area contributed by atoms with Gasteiger partial charge in [-0.05, 0) is 48.4 Å². The largest absolute Gasteiger partial charge is 0.497 e. The third-order valence-electron chi connectivity index (χ3n) is 6.70. The number of aromatic nitrogens is 1. The van der Waals surface area contributed by atoms with Crippen LogP contribution in [-0.2, 0) is 16.0 Å². The van der Waals surface area contributed by atoms with Crippen LogP contribution in [0.5, 0.6) is 17.2 Å². The number of aromatic amines is 1. The Morgan fingerprint density at radius 1 is 0.935 bits per heavy atom. The zero-order chi connectivity index (χ0) is 21.9. The second-order valence-corrected chi connectivity index (χ2v) is 8.09. The number of nitrogens with zero attached hydrogens (tertiary/aromatic N) is 1. The number of nitrogens with one attached hydrogen (secondary N) is 1. The van der Waals surface area contributed by atoms with E-state index in [0.29, 0.717) is 23.7 Å². The fourth-order valence-corrected chi connectivity index (χ4v) is 5.21. The molecule has 0 spiro atoms. The molecule has 2 amide bonds. The van der Waals surface area contributed by atoms with Crippen molar-refractivity contribution in [3.8, 4) is 17.2 Å². The standard InChI is InChI=1S/C24H24N2O5/c1-26-23(27)21-15(14-9-13(30-3)6-8-19(14)31-4)11-18-20(22(21)24(26)28)16-10-12(29-2)5-7-17(16)25-18/h5-10,15,21-22,25H,11H2,1-4H3/t15-,21+,22-/m1/s1. The number of likely N-dealkylation sites (tertiary alicyclic amines) is 1. The Hall–Kier alpha value is -3.48. The molecule has 1 saturated heterocycles. The van der Waals surface area contributed by atoms with Crippen molar-refractivity contribution in [2.75, 3.05) is 28.4 Å². The van der Waals surface area contributed by atoms with Crippen LogP contribution in [0.1, 0.15) is 28.7 Å². The van der Waals surface area contributed by atoms with E-state index >= 15 is 0 Å². The van der Waals surface area contributed by atoms with Gasteiger partial charge in [-0.2, -0.15) is 0 Å². The van der Waals surface area contributed by atoms with Gasteiger partial charge in [-0.3, -0.25) is 14.5 Å². The van der Waals surface area contributed by atoms with Crippen LogP contribution in [0.3, 0.4) is 0 Å². The number of likely N-dealkylation sites (N-methyl/N-ethyl adjacent to an activating group) is 1. The molecule has 1 aliphatic heterocycles. The van der Waals surface area contributed by atoms with Gasteiger partial charge in [-0.15, -0.1) is 0 Å². The van der Waals surface area contributed by atoms with Crippen molar-refractivity contribution in [3.05, 3.63) is 53.2 Å². The van der Waals surface area contributed by atoms with Crippen LogP contribution in [0.4, 0.5) is 0 Å². The molecule has 160 valence electrons. The lowest BCUT2D eigenvalue weighted by molar-refractivity contribution is -0.138. The highest BCUT2D eigenvalue weighted by Crippen LogP contribution is 2.53. The average Bonchev–Trinajstić information content (AvgIpc) is 3.27. The monoisotopic (exact) mass is 420 g/mol. The van der Waals surface area contributed by atoms with Crippen molar-refractivity contribution >= 4 is 22.7 Å². The number of carbonyl (C=O) groups is 2. The number of carbonyl (C=O) groups excluding carboxylic acids is 2. The summed E-state index contributed by atoms with van der Waals surface area (Å²) in [5.41, 5.74) is 3.67. The Bertz CT molecular complexity index is 1210. The lowest BCUT2D eigenvalue weighted by Gasteiger charge is -2.32. The highest BCUT2D eigenvalue weighted by molar-refractivity contribution is 6.10. The third-order valence-corrected chi connectivity index (χ3v) is 6.70. The quantitative estimate of drug-likeness (QED) is 0.656. The van der Waals surface area contributed by atoms with Crippen molar-refractivity contribution in [2.45, 2.75) is 18.3 Å². The Labute approximate surface area is 179 Å². The van der Waals surface area contributed by atoms with Crippen molar-refractivity contribution in [3.63, 3.8) is 0 Å². The molecular weight excluding hydrogens is 396 g/mol. The number of imide groups is 1. The molecule has 1 fully saturated rings. The van der Waals surface area contributed by atoms with E-state index in [2.05, 4.69) is 4.98 Å². The fraction of sp³-hybridized carbons (Fsp3) is 0.333. The minimum atomic E-state index is -0.553. The SMILES string of the molecule is COc1ccc(OC)c([C@H]2Cc3[nH]c4ccc(OC)cc4c3[C@H]3C(=O)N(C)C(=O)[C@@H]23)c1. The van der Waals surface area contributed by atoms with Crippen molar-refractivity contribution in [1.29, 1.82) is 0 Å². The maximum Gasteiger partial charge on any atom is 0.237 e. The first kappa shape index (κ1) is 19.5. The molecule has 0 unspecified atom stereocenters. The van der Waals surface area contributed by atoms with Crippen LogP contribution in [0.2, 0.25) is 0 Å². The lowest BCUT2D eigenvalue weighted by atomic mass is 9.69. The summed E-state index contributed by atoms with van der Waals surface area (Å²) in [6.45, 7) is 0. The molecule has 1 aliphatic carbocycles. The van der Waals surface area contributed by atoms with Crippen LogP contribution in [0.25, 0.3) is 10.9 Å². The first-order valence-corrected chi connectivity index (χ1v) is 10.2. The molecule has 3 aromatic rings. The van der Waals surface area contributed by atoms with Gasteiger partial charge in [0.05, 0.1) is 33.2 Å². The molecule has 7 nitrogen and oxygen atoms in total. The molecule has 0 saturated carbocycles. The van der Waals surface area contributed by atoms with Gasteiger partial charge in [-0.1, -0.05) is 0 Å². The smallest absolute Gasteiger partial charge is 0.237 e. The van der Waals surface area contributed by atoms with E-state index in [1.165, 1.54) is 4.90 Å². The second-order valence-electron chi connectivity index (χ2n) is 8.09. The van der Waals surface area contributed by atoms with Gasteiger partial charge in [0.15, 0.2) is 0 Å². The Morgan fingerprint density at radius 3 is 2.35 bits per heavy atom. The number of hydrogen-bond donors (Lipinski definition) is 1. The number of ether oxygens (including phenoxy) is 3. The Balaban J connectivity index is 1.75. The van der Waals surface area contributed by atoms with E-state index < -0.39 is 11.8 Å². The minimum Gasteiger partial charge on any atom is -0.497 e. The van der Waals surface area contributed by atoms with Gasteiger partial charge >= 0.3 is 0 Å². The molecule has 2 heterocycles. The van der Waals surface area contributed by atoms with E-state index in [1.54, 1.807) is 28.4 Å². The Kier molecular flexibility index (Phi) is 4.43. The average molecular weight is 420 g/mol. The van der Waals surface area contributed by atoms with Gasteiger partial charge in [0.25, 0.3) is 0 Å². The van der Waals surface area contributed by atoms with Gasteiger partial charge < -0.3 is 19.2 Å². The third kappa shape index (κ3) is 2.72. The highest BCUT2D eigenvalue weighted by Gasteiger charge is 2.55. The maximum atomic E-state index is 13.3. The number of amides is 2. The van der Waals surface area contributed by atoms with Gasteiger partial charge in [0, 0.05) is 35.1 Å². The van der Waals surface area contributed by atoms with Crippen molar-refractivity contribution < 1.29 is 23.8 Å². The normalized spacial score (nSPS) is 22.5. The summed E-state index contributed by atoms with van der Waals surface area (Å²) in [5, 5.41) is 0.928. The summed E-state index contributed by atoms with van der Waals surface area (Å²) in [6.07, 6.45) is 0.587. The molecule has 1 N–H and O–H groups in total. The van der Waals surface area contributed by atoms with Gasteiger partial charge in [0.2, 0.25) is 11.8 Å². The number of fused-ring (bicyclic) bond motifs is 5. The Morgan fingerprint density at radius 2 is 1.65 bits per heavy atom. The fourth-order valence-electron chi connectivity index (χ4n) is 5.21. The molecule has 0 bridgehead atoms. The molecule has 3 atom stereocenters. The predicted molar refractivity (Wildman–Crippen MR) is 115 cm³/mol. The van der Waals surface area contributed by atoms with Crippen LogP contribution >= 0.6 is 0 Å². The summed E-state index contributed by atoms with van der Waals surface area (Å²) in [5.74, 6) is 0.468. The summed E-state index contributed by atoms with van der Waals surface area (Å²) in [7, 11) is 6.40. The molecule has 7 heteroatoms. The maximum absolute atomic E-state index is 13.3. The summed E-state index contributed by atoms with van der Waals surface area (Å²) >= 11 is 0. The van der Waals surface area contributed by atoms with E-state index in [4.69, 9.17) is 14.2 Å². The number of benzene rings is 2. The van der Waals surface area contributed by atoms with E-state index in [1.807, 2.05) is 36.4 Å². The van der Waals surface area contributed by atoms with Crippen LogP contribution in [0, 0.1) is 5.92 Å². The number of hydrogen-bond acceptors (Lipinski definition) is 5. The molecule has 31 heavy (non-hydrogen) atoms. The van der Waals surface area contributed by atoms with Crippen molar-refractivity contribution in [2.24, 2.45) is 5.92 Å². The van der Waals surface area contributed by atoms with E-state index in [-0.39, 0.29) is 17.7 Å². The van der Waals surface area contributed by atoms with Crippen LogP contribution in [-0.4, -0.2) is 50.1 Å². The number of H-pyrrole nitrogens is 1. The summed E-state index contributed by atoms with van der Waals surface area (Å²) in [4.78, 5) is 31.3. The minimum absolute atomic E-state index is 0.159. The topological polar surface area (TPSA) is 80.9 Å². The summed E-state index contributed by atoms with van der Waals surface area (Å²) < 4.78 is 16.5. The predicted octanol–water partition coefficient (Wildman–Crippen LogP) is 3.23.